The number of nitrogens with zero attached hydrogens (tertiary/aromatic N) is 1. The van der Waals surface area contributed by atoms with Crippen LogP contribution in [-0.4, -0.2) is 6.54 Å². The molecule has 0 amide bonds. The molecule has 0 radical (unpaired) electrons. The molecule has 3 heteroatoms. The summed E-state index contributed by atoms with van der Waals surface area (Å²) < 4.78 is 0. The Kier molecular flexibility index (Phi) is 3.58. The monoisotopic (exact) mass is 286 g/mol. The minimum atomic E-state index is 0.626. The molecule has 1 aliphatic heterocycles. The van der Waals surface area contributed by atoms with Gasteiger partial charge in [-0.15, -0.1) is 0 Å². The predicted octanol–water partition coefficient (Wildman–Crippen LogP) is 4.12. The zero-order valence-corrected chi connectivity index (χ0v) is 12.4. The van der Waals surface area contributed by atoms with Gasteiger partial charge in [-0.3, -0.25) is 0 Å². The Bertz CT molecular complexity index is 624. The van der Waals surface area contributed by atoms with Crippen molar-refractivity contribution in [1.29, 1.82) is 0 Å². The lowest BCUT2D eigenvalue weighted by Crippen LogP contribution is -2.33. The Balaban J connectivity index is 1.89. The number of rotatable bonds is 2. The molecule has 1 heterocycles. The summed E-state index contributed by atoms with van der Waals surface area (Å²) in [6.45, 7) is 4.27. The highest BCUT2D eigenvalue weighted by molar-refractivity contribution is 6.33. The van der Waals surface area contributed by atoms with E-state index in [0.29, 0.717) is 16.6 Å². The van der Waals surface area contributed by atoms with E-state index in [0.717, 1.165) is 19.5 Å². The topological polar surface area (TPSA) is 29.3 Å². The van der Waals surface area contributed by atoms with Gasteiger partial charge in [-0.05, 0) is 41.7 Å². The van der Waals surface area contributed by atoms with E-state index in [4.69, 9.17) is 17.3 Å². The van der Waals surface area contributed by atoms with Crippen LogP contribution in [0.3, 0.4) is 0 Å². The maximum Gasteiger partial charge on any atom is 0.0635 e. The third-order valence-electron chi connectivity index (χ3n) is 3.87. The standard InChI is InChI=1S/C17H19ClN2/c1-12-8-14-4-2-3-5-17(14)20(10-12)11-13-6-7-15(18)16(19)9-13/h2-7,9,12H,8,10-11,19H2,1H3. The van der Waals surface area contributed by atoms with E-state index in [2.05, 4.69) is 42.2 Å². The number of benzene rings is 2. The molecule has 0 spiro atoms. The highest BCUT2D eigenvalue weighted by atomic mass is 35.5. The maximum absolute atomic E-state index is 5.99. The van der Waals surface area contributed by atoms with Crippen molar-refractivity contribution in [3.05, 3.63) is 58.6 Å². The van der Waals surface area contributed by atoms with Gasteiger partial charge in [0.25, 0.3) is 0 Å². The molecule has 0 fully saturated rings. The summed E-state index contributed by atoms with van der Waals surface area (Å²) in [5.41, 5.74) is 10.5. The summed E-state index contributed by atoms with van der Waals surface area (Å²) in [5.74, 6) is 0.676. The van der Waals surface area contributed by atoms with Gasteiger partial charge in [0, 0.05) is 18.8 Å². The van der Waals surface area contributed by atoms with E-state index >= 15 is 0 Å². The number of hydrogen-bond acceptors (Lipinski definition) is 2. The number of para-hydroxylation sites is 1. The second kappa shape index (κ2) is 5.37. The summed E-state index contributed by atoms with van der Waals surface area (Å²) >= 11 is 5.99. The van der Waals surface area contributed by atoms with Crippen LogP contribution in [-0.2, 0) is 13.0 Å². The number of fused-ring (bicyclic) bond motifs is 1. The summed E-state index contributed by atoms with van der Waals surface area (Å²) in [5, 5.41) is 0.626. The number of nitrogen functional groups attached to an aromatic ring is 1. The molecule has 3 rings (SSSR count). The molecular weight excluding hydrogens is 268 g/mol. The fourth-order valence-corrected chi connectivity index (χ4v) is 3.09. The van der Waals surface area contributed by atoms with Crippen LogP contribution in [0.2, 0.25) is 5.02 Å². The highest BCUT2D eigenvalue weighted by Crippen LogP contribution is 2.31. The van der Waals surface area contributed by atoms with Crippen LogP contribution in [0, 0.1) is 5.92 Å². The Morgan fingerprint density at radius 3 is 2.85 bits per heavy atom. The molecule has 0 aromatic heterocycles. The predicted molar refractivity (Wildman–Crippen MR) is 86.2 cm³/mol. The van der Waals surface area contributed by atoms with E-state index < -0.39 is 0 Å². The second-order valence-electron chi connectivity index (χ2n) is 5.67. The van der Waals surface area contributed by atoms with Gasteiger partial charge in [-0.25, -0.2) is 0 Å². The van der Waals surface area contributed by atoms with Crippen LogP contribution in [0.25, 0.3) is 0 Å². The molecule has 104 valence electrons. The van der Waals surface area contributed by atoms with Gasteiger partial charge in [0.15, 0.2) is 0 Å². The summed E-state index contributed by atoms with van der Waals surface area (Å²) in [6, 6.07) is 14.6. The normalized spacial score (nSPS) is 17.9. The summed E-state index contributed by atoms with van der Waals surface area (Å²) in [4.78, 5) is 2.44. The quantitative estimate of drug-likeness (QED) is 0.842. The van der Waals surface area contributed by atoms with Gasteiger partial charge in [-0.1, -0.05) is 42.8 Å². The molecule has 2 nitrogen and oxygen atoms in total. The SMILES string of the molecule is CC1Cc2ccccc2N(Cc2ccc(Cl)c(N)c2)C1. The third-order valence-corrected chi connectivity index (χ3v) is 4.21. The molecule has 1 atom stereocenters. The minimum absolute atomic E-state index is 0.626. The lowest BCUT2D eigenvalue weighted by atomic mass is 9.93. The molecule has 0 bridgehead atoms. The van der Waals surface area contributed by atoms with Crippen molar-refractivity contribution in [2.24, 2.45) is 5.92 Å². The van der Waals surface area contributed by atoms with Crippen LogP contribution in [0.15, 0.2) is 42.5 Å². The van der Waals surface area contributed by atoms with Gasteiger partial charge >= 0.3 is 0 Å². The fraction of sp³-hybridized carbons (Fsp3) is 0.294. The highest BCUT2D eigenvalue weighted by Gasteiger charge is 2.21. The molecule has 1 aliphatic rings. The van der Waals surface area contributed by atoms with Gasteiger partial charge < -0.3 is 10.6 Å². The number of anilines is 2. The van der Waals surface area contributed by atoms with Gasteiger partial charge in [-0.2, -0.15) is 0 Å². The Hall–Kier alpha value is -1.67. The maximum atomic E-state index is 5.99. The Morgan fingerprint density at radius 1 is 1.25 bits per heavy atom. The lowest BCUT2D eigenvalue weighted by molar-refractivity contribution is 0.530. The zero-order chi connectivity index (χ0) is 14.1. The first-order valence-electron chi connectivity index (χ1n) is 7.00. The lowest BCUT2D eigenvalue weighted by Gasteiger charge is -2.35. The van der Waals surface area contributed by atoms with E-state index in [1.165, 1.54) is 16.8 Å². The third kappa shape index (κ3) is 2.61. The zero-order valence-electron chi connectivity index (χ0n) is 11.6. The molecule has 1 unspecified atom stereocenters. The smallest absolute Gasteiger partial charge is 0.0635 e. The van der Waals surface area contributed by atoms with Crippen LogP contribution in [0.5, 0.6) is 0 Å². The fourth-order valence-electron chi connectivity index (χ4n) is 2.97. The number of hydrogen-bond donors (Lipinski definition) is 1. The molecule has 2 aromatic carbocycles. The molecule has 20 heavy (non-hydrogen) atoms. The second-order valence-corrected chi connectivity index (χ2v) is 6.08. The van der Waals surface area contributed by atoms with Crippen LogP contribution < -0.4 is 10.6 Å². The number of halogens is 1. The van der Waals surface area contributed by atoms with Crippen molar-refractivity contribution in [2.45, 2.75) is 19.9 Å². The van der Waals surface area contributed by atoms with Crippen LogP contribution in [0.4, 0.5) is 11.4 Å². The molecule has 0 aliphatic carbocycles. The average molecular weight is 287 g/mol. The average Bonchev–Trinajstić information content (AvgIpc) is 2.43. The van der Waals surface area contributed by atoms with Crippen molar-refractivity contribution >= 4 is 23.0 Å². The molecular formula is C17H19ClN2. The van der Waals surface area contributed by atoms with Gasteiger partial charge in [0.05, 0.1) is 10.7 Å². The van der Waals surface area contributed by atoms with E-state index in [1.807, 2.05) is 12.1 Å². The molecule has 2 aromatic rings. The molecule has 0 saturated carbocycles. The number of nitrogens with two attached hydrogens (primary N) is 1. The van der Waals surface area contributed by atoms with Crippen molar-refractivity contribution < 1.29 is 0 Å². The van der Waals surface area contributed by atoms with Gasteiger partial charge in [0.2, 0.25) is 0 Å². The first-order valence-corrected chi connectivity index (χ1v) is 7.38. The van der Waals surface area contributed by atoms with E-state index in [1.54, 1.807) is 0 Å². The van der Waals surface area contributed by atoms with Crippen molar-refractivity contribution in [3.63, 3.8) is 0 Å². The first-order chi connectivity index (χ1) is 9.63. The minimum Gasteiger partial charge on any atom is -0.398 e. The Labute approximate surface area is 125 Å². The van der Waals surface area contributed by atoms with E-state index in [-0.39, 0.29) is 0 Å². The van der Waals surface area contributed by atoms with Crippen molar-refractivity contribution in [3.8, 4) is 0 Å². The van der Waals surface area contributed by atoms with Gasteiger partial charge in [0.1, 0.15) is 0 Å². The van der Waals surface area contributed by atoms with Crippen LogP contribution >= 0.6 is 11.6 Å². The summed E-state index contributed by atoms with van der Waals surface area (Å²) in [7, 11) is 0. The molecule has 2 N–H and O–H groups in total. The van der Waals surface area contributed by atoms with Crippen molar-refractivity contribution in [1.82, 2.24) is 0 Å². The molecule has 0 saturated heterocycles. The van der Waals surface area contributed by atoms with Crippen LogP contribution in [0.1, 0.15) is 18.1 Å². The summed E-state index contributed by atoms with van der Waals surface area (Å²) in [6.07, 6.45) is 1.16. The van der Waals surface area contributed by atoms with Crippen molar-refractivity contribution in [2.75, 3.05) is 17.2 Å². The first kappa shape index (κ1) is 13.3. The largest absolute Gasteiger partial charge is 0.398 e. The Morgan fingerprint density at radius 2 is 2.05 bits per heavy atom. The van der Waals surface area contributed by atoms with E-state index in [9.17, 15) is 0 Å².